The van der Waals surface area contributed by atoms with Gasteiger partial charge in [0, 0.05) is 17.8 Å². The van der Waals surface area contributed by atoms with Crippen LogP contribution in [-0.2, 0) is 18.3 Å². The number of halogens is 2. The van der Waals surface area contributed by atoms with Crippen LogP contribution in [-0.4, -0.2) is 17.1 Å². The molecule has 0 amide bonds. The minimum absolute atomic E-state index is 0.514. The molecule has 0 radical (unpaired) electrons. The lowest BCUT2D eigenvalue weighted by Crippen LogP contribution is -2.31. The van der Waals surface area contributed by atoms with Crippen molar-refractivity contribution in [1.29, 1.82) is 0 Å². The molecule has 3 nitrogen and oxygen atoms in total. The van der Waals surface area contributed by atoms with E-state index in [1.54, 1.807) is 7.11 Å². The maximum absolute atomic E-state index is 14.0. The van der Waals surface area contributed by atoms with Gasteiger partial charge in [-0.15, -0.1) is 0 Å². The van der Waals surface area contributed by atoms with E-state index >= 15 is 0 Å². The zero-order valence-electron chi connectivity index (χ0n) is 17.0. The summed E-state index contributed by atoms with van der Waals surface area (Å²) in [6, 6.07) is 20.9. The summed E-state index contributed by atoms with van der Waals surface area (Å²) >= 11 is 0. The van der Waals surface area contributed by atoms with Crippen LogP contribution >= 0.6 is 0 Å². The summed E-state index contributed by atoms with van der Waals surface area (Å²) in [6.07, 6.45) is 4.04. The monoisotopic (exact) mass is 414 g/mol. The number of methoxy groups -OCH3 is 1. The molecular formula is C26H20F2N2O. The van der Waals surface area contributed by atoms with Crippen LogP contribution in [0.1, 0.15) is 22.3 Å². The van der Waals surface area contributed by atoms with Crippen molar-refractivity contribution >= 4 is 0 Å². The van der Waals surface area contributed by atoms with Gasteiger partial charge in [0.25, 0.3) is 0 Å². The van der Waals surface area contributed by atoms with E-state index in [1.807, 2.05) is 36.4 Å². The molecule has 0 saturated heterocycles. The molecule has 154 valence electrons. The van der Waals surface area contributed by atoms with Gasteiger partial charge < -0.3 is 4.74 Å². The fourth-order valence-electron chi connectivity index (χ4n) is 4.81. The van der Waals surface area contributed by atoms with Crippen molar-refractivity contribution in [3.8, 4) is 16.9 Å². The molecule has 2 heterocycles. The Morgan fingerprint density at radius 3 is 1.97 bits per heavy atom. The van der Waals surface area contributed by atoms with Crippen LogP contribution in [0.5, 0.6) is 5.75 Å². The Morgan fingerprint density at radius 1 is 0.742 bits per heavy atom. The minimum atomic E-state index is -0.526. The summed E-state index contributed by atoms with van der Waals surface area (Å²) in [4.78, 5) is 7.41. The molecule has 5 rings (SSSR count). The summed E-state index contributed by atoms with van der Waals surface area (Å²) in [5, 5.41) is 0. The molecule has 0 N–H and O–H groups in total. The summed E-state index contributed by atoms with van der Waals surface area (Å²) < 4.78 is 33.5. The highest BCUT2D eigenvalue weighted by molar-refractivity contribution is 5.82. The van der Waals surface area contributed by atoms with Crippen LogP contribution in [0.2, 0.25) is 0 Å². The van der Waals surface area contributed by atoms with E-state index < -0.39 is 17.3 Å². The minimum Gasteiger partial charge on any atom is -0.497 e. The predicted octanol–water partition coefficient (Wildman–Crippen LogP) is 5.52. The second kappa shape index (κ2) is 7.58. The molecule has 0 bridgehead atoms. The lowest BCUT2D eigenvalue weighted by atomic mass is 9.69. The third-order valence-corrected chi connectivity index (χ3v) is 6.07. The number of ether oxygens (including phenoxy) is 1. The Balaban J connectivity index is 1.76. The predicted molar refractivity (Wildman–Crippen MR) is 115 cm³/mol. The van der Waals surface area contributed by atoms with Gasteiger partial charge in [0.15, 0.2) is 0 Å². The molecule has 1 aliphatic carbocycles. The number of pyridine rings is 2. The van der Waals surface area contributed by atoms with E-state index in [9.17, 15) is 8.78 Å². The van der Waals surface area contributed by atoms with Gasteiger partial charge in [-0.05, 0) is 82.6 Å². The highest BCUT2D eigenvalue weighted by Gasteiger charge is 2.43. The molecule has 0 saturated carbocycles. The van der Waals surface area contributed by atoms with Crippen molar-refractivity contribution in [1.82, 2.24) is 9.97 Å². The van der Waals surface area contributed by atoms with Gasteiger partial charge >= 0.3 is 0 Å². The van der Waals surface area contributed by atoms with Gasteiger partial charge in [-0.1, -0.05) is 30.3 Å². The lowest BCUT2D eigenvalue weighted by Gasteiger charge is -2.33. The van der Waals surface area contributed by atoms with Crippen LogP contribution in [0.3, 0.4) is 0 Å². The Morgan fingerprint density at radius 2 is 1.35 bits per heavy atom. The fourth-order valence-corrected chi connectivity index (χ4v) is 4.81. The molecule has 1 aliphatic rings. The Labute approximate surface area is 179 Å². The average molecular weight is 414 g/mol. The van der Waals surface area contributed by atoms with Crippen molar-refractivity contribution in [2.45, 2.75) is 18.3 Å². The number of aromatic nitrogens is 2. The van der Waals surface area contributed by atoms with E-state index in [-0.39, 0.29) is 0 Å². The SMILES string of the molecule is COc1ccc2c(c1)C(Cc1ccnc(F)c1)(Cc1ccnc(F)c1)c1ccccc1-2. The van der Waals surface area contributed by atoms with Crippen molar-refractivity contribution < 1.29 is 13.5 Å². The normalized spacial score (nSPS) is 13.5. The van der Waals surface area contributed by atoms with Crippen LogP contribution < -0.4 is 4.74 Å². The number of hydrogen-bond donors (Lipinski definition) is 0. The molecule has 0 spiro atoms. The van der Waals surface area contributed by atoms with Gasteiger partial charge in [-0.3, -0.25) is 0 Å². The first kappa shape index (κ1) is 19.4. The largest absolute Gasteiger partial charge is 0.497 e. The van der Waals surface area contributed by atoms with Gasteiger partial charge in [0.2, 0.25) is 11.9 Å². The highest BCUT2D eigenvalue weighted by Crippen LogP contribution is 2.53. The molecule has 4 aromatic rings. The topological polar surface area (TPSA) is 35.0 Å². The molecule has 2 aromatic heterocycles. The molecule has 2 aromatic carbocycles. The Hall–Kier alpha value is -3.60. The quantitative estimate of drug-likeness (QED) is 0.404. The summed E-state index contributed by atoms with van der Waals surface area (Å²) in [7, 11) is 1.64. The first-order valence-corrected chi connectivity index (χ1v) is 10.1. The molecule has 31 heavy (non-hydrogen) atoms. The maximum atomic E-state index is 14.0. The highest BCUT2D eigenvalue weighted by atomic mass is 19.1. The van der Waals surface area contributed by atoms with Crippen LogP contribution in [0.25, 0.3) is 11.1 Å². The second-order valence-corrected chi connectivity index (χ2v) is 7.87. The van der Waals surface area contributed by atoms with Gasteiger partial charge in [-0.2, -0.15) is 8.78 Å². The second-order valence-electron chi connectivity index (χ2n) is 7.87. The maximum Gasteiger partial charge on any atom is 0.213 e. The number of fused-ring (bicyclic) bond motifs is 3. The van der Waals surface area contributed by atoms with Crippen LogP contribution in [0.15, 0.2) is 79.1 Å². The zero-order chi connectivity index (χ0) is 21.4. The van der Waals surface area contributed by atoms with Crippen LogP contribution in [0, 0.1) is 11.9 Å². The molecule has 0 atom stereocenters. The first-order chi connectivity index (χ1) is 15.1. The number of rotatable bonds is 5. The third kappa shape index (κ3) is 3.36. The zero-order valence-corrected chi connectivity index (χ0v) is 17.0. The van der Waals surface area contributed by atoms with E-state index in [0.29, 0.717) is 12.8 Å². The van der Waals surface area contributed by atoms with E-state index in [4.69, 9.17) is 4.74 Å². The molecule has 0 fully saturated rings. The first-order valence-electron chi connectivity index (χ1n) is 10.1. The third-order valence-electron chi connectivity index (χ3n) is 6.07. The van der Waals surface area contributed by atoms with Crippen molar-refractivity contribution in [3.05, 3.63) is 113 Å². The van der Waals surface area contributed by atoms with E-state index in [1.165, 1.54) is 24.5 Å². The smallest absolute Gasteiger partial charge is 0.213 e. The van der Waals surface area contributed by atoms with E-state index in [0.717, 1.165) is 39.1 Å². The number of nitrogens with zero attached hydrogens (tertiary/aromatic N) is 2. The molecular weight excluding hydrogens is 394 g/mol. The average Bonchev–Trinajstić information content (AvgIpc) is 3.03. The van der Waals surface area contributed by atoms with Gasteiger partial charge in [-0.25, -0.2) is 9.97 Å². The van der Waals surface area contributed by atoms with Crippen molar-refractivity contribution in [2.75, 3.05) is 7.11 Å². The Bertz CT molecular complexity index is 1220. The summed E-state index contributed by atoms with van der Waals surface area (Å²) in [6.45, 7) is 0. The van der Waals surface area contributed by atoms with E-state index in [2.05, 4.69) is 28.2 Å². The number of benzene rings is 2. The van der Waals surface area contributed by atoms with Crippen molar-refractivity contribution in [3.63, 3.8) is 0 Å². The summed E-state index contributed by atoms with van der Waals surface area (Å²) in [5.74, 6) is -0.280. The number of hydrogen-bond acceptors (Lipinski definition) is 3. The molecule has 0 aliphatic heterocycles. The molecule has 5 heteroatoms. The van der Waals surface area contributed by atoms with Gasteiger partial charge in [0.1, 0.15) is 5.75 Å². The summed E-state index contributed by atoms with van der Waals surface area (Å²) in [5.41, 5.74) is 5.59. The molecule has 0 unspecified atom stereocenters. The standard InChI is InChI=1S/C26H20F2N2O/c1-31-19-6-7-21-20-4-2-3-5-22(20)26(23(21)14-19,15-17-8-10-29-24(27)12-17)16-18-9-11-30-25(28)13-18/h2-14H,15-16H2,1H3. The lowest BCUT2D eigenvalue weighted by molar-refractivity contribution is 0.412. The van der Waals surface area contributed by atoms with Crippen LogP contribution in [0.4, 0.5) is 8.78 Å². The fraction of sp³-hybridized carbons (Fsp3) is 0.154. The van der Waals surface area contributed by atoms with Gasteiger partial charge in [0.05, 0.1) is 7.11 Å². The Kier molecular flexibility index (Phi) is 4.74. The van der Waals surface area contributed by atoms with Crippen molar-refractivity contribution in [2.24, 2.45) is 0 Å².